The van der Waals surface area contributed by atoms with Gasteiger partial charge in [-0.15, -0.1) is 0 Å². The van der Waals surface area contributed by atoms with Crippen LogP contribution in [-0.2, 0) is 11.2 Å². The highest BCUT2D eigenvalue weighted by atomic mass is 16.2. The third kappa shape index (κ3) is 5.01. The van der Waals surface area contributed by atoms with Crippen LogP contribution in [0, 0.1) is 0 Å². The van der Waals surface area contributed by atoms with Gasteiger partial charge in [-0.3, -0.25) is 9.59 Å². The summed E-state index contributed by atoms with van der Waals surface area (Å²) in [4.78, 5) is 33.9. The summed E-state index contributed by atoms with van der Waals surface area (Å²) >= 11 is 0. The summed E-state index contributed by atoms with van der Waals surface area (Å²) in [6, 6.07) is 14.9. The Bertz CT molecular complexity index is 954. The van der Waals surface area contributed by atoms with Gasteiger partial charge >= 0.3 is 0 Å². The number of hydrogen-bond acceptors (Lipinski definition) is 4. The van der Waals surface area contributed by atoms with Crippen molar-refractivity contribution in [3.8, 4) is 11.1 Å². The Morgan fingerprint density at radius 2 is 1.68 bits per heavy atom. The van der Waals surface area contributed by atoms with Crippen LogP contribution in [0.1, 0.15) is 22.3 Å². The second kappa shape index (κ2) is 8.90. The number of nitrogens with zero attached hydrogens (tertiary/aromatic N) is 3. The summed E-state index contributed by atoms with van der Waals surface area (Å²) in [5, 5.41) is 2.90. The SMILES string of the molecule is CN(C)C(=O)CCc1ccc(NC(=O)c2cccc(-c3cncnc3)c2)cc1. The normalized spacial score (nSPS) is 10.4. The van der Waals surface area contributed by atoms with Crippen LogP contribution in [0.5, 0.6) is 0 Å². The first kappa shape index (κ1) is 19.2. The molecule has 2 amide bonds. The molecule has 0 saturated heterocycles. The van der Waals surface area contributed by atoms with Crippen LogP contribution in [0.3, 0.4) is 0 Å². The van der Waals surface area contributed by atoms with Crippen LogP contribution in [0.15, 0.2) is 67.3 Å². The van der Waals surface area contributed by atoms with E-state index < -0.39 is 0 Å². The lowest BCUT2D eigenvalue weighted by Crippen LogP contribution is -2.21. The van der Waals surface area contributed by atoms with Crippen molar-refractivity contribution in [1.29, 1.82) is 0 Å². The van der Waals surface area contributed by atoms with Gasteiger partial charge in [-0.25, -0.2) is 9.97 Å². The first-order chi connectivity index (χ1) is 13.5. The Hall–Kier alpha value is -3.54. The highest BCUT2D eigenvalue weighted by molar-refractivity contribution is 6.04. The van der Waals surface area contributed by atoms with E-state index in [1.165, 1.54) is 6.33 Å². The number of benzene rings is 2. The van der Waals surface area contributed by atoms with Gasteiger partial charge in [-0.05, 0) is 41.8 Å². The minimum absolute atomic E-state index is 0.0982. The maximum absolute atomic E-state index is 12.6. The number of nitrogens with one attached hydrogen (secondary N) is 1. The third-order valence-electron chi connectivity index (χ3n) is 4.36. The number of aromatic nitrogens is 2. The van der Waals surface area contributed by atoms with Crippen molar-refractivity contribution in [3.05, 3.63) is 78.4 Å². The number of amides is 2. The van der Waals surface area contributed by atoms with E-state index >= 15 is 0 Å². The Morgan fingerprint density at radius 3 is 2.36 bits per heavy atom. The largest absolute Gasteiger partial charge is 0.349 e. The van der Waals surface area contributed by atoms with Crippen molar-refractivity contribution in [2.24, 2.45) is 0 Å². The topological polar surface area (TPSA) is 75.2 Å². The highest BCUT2D eigenvalue weighted by Gasteiger charge is 2.09. The quantitative estimate of drug-likeness (QED) is 0.717. The molecule has 1 N–H and O–H groups in total. The van der Waals surface area contributed by atoms with Gasteiger partial charge in [0.25, 0.3) is 5.91 Å². The molecule has 0 fully saturated rings. The van der Waals surface area contributed by atoms with Gasteiger partial charge in [0, 0.05) is 49.7 Å². The average Bonchev–Trinajstić information content (AvgIpc) is 2.73. The number of carbonyl (C=O) groups is 2. The molecule has 6 nitrogen and oxygen atoms in total. The van der Waals surface area contributed by atoms with Crippen LogP contribution in [0.25, 0.3) is 11.1 Å². The van der Waals surface area contributed by atoms with Gasteiger partial charge in [0.2, 0.25) is 5.91 Å². The minimum atomic E-state index is -0.186. The summed E-state index contributed by atoms with van der Waals surface area (Å²) in [5.74, 6) is -0.0877. The second-order valence-corrected chi connectivity index (χ2v) is 6.65. The molecule has 0 aliphatic carbocycles. The zero-order chi connectivity index (χ0) is 19.9. The molecular formula is C22H22N4O2. The van der Waals surface area contributed by atoms with Gasteiger partial charge in [-0.2, -0.15) is 0 Å². The van der Waals surface area contributed by atoms with E-state index in [2.05, 4.69) is 15.3 Å². The van der Waals surface area contributed by atoms with Gasteiger partial charge in [0.05, 0.1) is 0 Å². The molecule has 3 rings (SSSR count). The lowest BCUT2D eigenvalue weighted by atomic mass is 10.1. The molecule has 1 aromatic heterocycles. The van der Waals surface area contributed by atoms with Gasteiger partial charge < -0.3 is 10.2 Å². The minimum Gasteiger partial charge on any atom is -0.349 e. The Labute approximate surface area is 164 Å². The number of aryl methyl sites for hydroxylation is 1. The number of rotatable bonds is 6. The van der Waals surface area contributed by atoms with E-state index in [-0.39, 0.29) is 11.8 Å². The third-order valence-corrected chi connectivity index (χ3v) is 4.36. The van der Waals surface area contributed by atoms with E-state index in [4.69, 9.17) is 0 Å². The highest BCUT2D eigenvalue weighted by Crippen LogP contribution is 2.19. The molecule has 6 heteroatoms. The van der Waals surface area contributed by atoms with Crippen LogP contribution in [-0.4, -0.2) is 40.8 Å². The Kier molecular flexibility index (Phi) is 6.11. The summed E-state index contributed by atoms with van der Waals surface area (Å²) in [5.41, 5.74) is 4.06. The van der Waals surface area contributed by atoms with Gasteiger partial charge in [-0.1, -0.05) is 24.3 Å². The van der Waals surface area contributed by atoms with E-state index in [0.717, 1.165) is 16.7 Å². The predicted octanol–water partition coefficient (Wildman–Crippen LogP) is 3.42. The average molecular weight is 374 g/mol. The van der Waals surface area contributed by atoms with Crippen LogP contribution in [0.2, 0.25) is 0 Å². The molecular weight excluding hydrogens is 352 g/mol. The fraction of sp³-hybridized carbons (Fsp3) is 0.182. The summed E-state index contributed by atoms with van der Waals surface area (Å²) in [6.45, 7) is 0. The van der Waals surface area contributed by atoms with Crippen molar-refractivity contribution in [3.63, 3.8) is 0 Å². The maximum atomic E-state index is 12.6. The molecule has 2 aromatic carbocycles. The lowest BCUT2D eigenvalue weighted by Gasteiger charge is -2.10. The van der Waals surface area contributed by atoms with Crippen molar-refractivity contribution >= 4 is 17.5 Å². The molecule has 0 atom stereocenters. The van der Waals surface area contributed by atoms with Crippen molar-refractivity contribution in [2.75, 3.05) is 19.4 Å². The monoisotopic (exact) mass is 374 g/mol. The zero-order valence-electron chi connectivity index (χ0n) is 15.9. The molecule has 0 bridgehead atoms. The first-order valence-corrected chi connectivity index (χ1v) is 8.99. The van der Waals surface area contributed by atoms with Gasteiger partial charge in [0.1, 0.15) is 6.33 Å². The molecule has 0 aliphatic rings. The number of carbonyl (C=O) groups excluding carboxylic acids is 2. The van der Waals surface area contributed by atoms with E-state index in [9.17, 15) is 9.59 Å². The Morgan fingerprint density at radius 1 is 0.964 bits per heavy atom. The molecule has 3 aromatic rings. The standard InChI is InChI=1S/C22H22N4O2/c1-26(2)21(27)11-8-16-6-9-20(10-7-16)25-22(28)18-5-3-4-17(12-18)19-13-23-15-24-14-19/h3-7,9-10,12-15H,8,11H2,1-2H3,(H,25,28). The second-order valence-electron chi connectivity index (χ2n) is 6.65. The van der Waals surface area contributed by atoms with Crippen LogP contribution < -0.4 is 5.32 Å². The smallest absolute Gasteiger partial charge is 0.255 e. The first-order valence-electron chi connectivity index (χ1n) is 8.99. The van der Waals surface area contributed by atoms with E-state index in [1.807, 2.05) is 42.5 Å². The van der Waals surface area contributed by atoms with Crippen molar-refractivity contribution in [2.45, 2.75) is 12.8 Å². The maximum Gasteiger partial charge on any atom is 0.255 e. The fourth-order valence-corrected chi connectivity index (χ4v) is 2.72. The lowest BCUT2D eigenvalue weighted by molar-refractivity contribution is -0.128. The zero-order valence-corrected chi connectivity index (χ0v) is 15.9. The molecule has 0 radical (unpaired) electrons. The predicted molar refractivity (Wildman–Crippen MR) is 109 cm³/mol. The number of anilines is 1. The molecule has 0 unspecified atom stereocenters. The van der Waals surface area contributed by atoms with Gasteiger partial charge in [0.15, 0.2) is 0 Å². The van der Waals surface area contributed by atoms with Crippen molar-refractivity contribution in [1.82, 2.24) is 14.9 Å². The fourth-order valence-electron chi connectivity index (χ4n) is 2.72. The molecule has 0 aliphatic heterocycles. The van der Waals surface area contributed by atoms with Crippen LogP contribution in [0.4, 0.5) is 5.69 Å². The molecule has 0 spiro atoms. The number of hydrogen-bond donors (Lipinski definition) is 1. The van der Waals surface area contributed by atoms with E-state index in [0.29, 0.717) is 24.1 Å². The van der Waals surface area contributed by atoms with Crippen LogP contribution >= 0.6 is 0 Å². The summed E-state index contributed by atoms with van der Waals surface area (Å²) in [7, 11) is 3.50. The molecule has 142 valence electrons. The van der Waals surface area contributed by atoms with E-state index in [1.54, 1.807) is 37.5 Å². The molecule has 28 heavy (non-hydrogen) atoms. The summed E-state index contributed by atoms with van der Waals surface area (Å²) in [6.07, 6.45) is 6.04. The molecule has 1 heterocycles. The Balaban J connectivity index is 1.64. The molecule has 0 saturated carbocycles. The van der Waals surface area contributed by atoms with Crippen molar-refractivity contribution < 1.29 is 9.59 Å². The summed E-state index contributed by atoms with van der Waals surface area (Å²) < 4.78 is 0.